The van der Waals surface area contributed by atoms with Gasteiger partial charge in [-0.05, 0) is 26.2 Å². The summed E-state index contributed by atoms with van der Waals surface area (Å²) in [5, 5.41) is 9.47. The minimum absolute atomic E-state index is 0.215. The monoisotopic (exact) mass is 182 g/mol. The van der Waals surface area contributed by atoms with Crippen LogP contribution in [0.4, 0.5) is 0 Å². The first-order chi connectivity index (χ1) is 6.22. The molecule has 2 nitrogen and oxygen atoms in total. The van der Waals surface area contributed by atoms with Gasteiger partial charge in [-0.3, -0.25) is 0 Å². The van der Waals surface area contributed by atoms with Gasteiger partial charge in [-0.2, -0.15) is 0 Å². The van der Waals surface area contributed by atoms with Crippen LogP contribution in [0, 0.1) is 12.3 Å². The van der Waals surface area contributed by atoms with Crippen LogP contribution in [0.25, 0.3) is 0 Å². The molecular formula is C11H18O2. The Morgan fingerprint density at radius 3 is 3.00 bits per heavy atom. The van der Waals surface area contributed by atoms with E-state index in [1.54, 1.807) is 0 Å². The molecular weight excluding hydrogens is 164 g/mol. The molecule has 1 rings (SSSR count). The summed E-state index contributed by atoms with van der Waals surface area (Å²) < 4.78 is 5.67. The molecule has 0 radical (unpaired) electrons. The SMILES string of the molecule is C#CCC(O)CC1CCCC(C)O1. The molecule has 1 saturated heterocycles. The van der Waals surface area contributed by atoms with Crippen LogP contribution in [-0.2, 0) is 4.74 Å². The van der Waals surface area contributed by atoms with Crippen LogP contribution >= 0.6 is 0 Å². The summed E-state index contributed by atoms with van der Waals surface area (Å²) in [6.07, 6.45) is 9.81. The first-order valence-electron chi connectivity index (χ1n) is 4.99. The summed E-state index contributed by atoms with van der Waals surface area (Å²) in [5.74, 6) is 2.46. The van der Waals surface area contributed by atoms with Crippen LogP contribution < -0.4 is 0 Å². The number of hydrogen-bond donors (Lipinski definition) is 1. The zero-order valence-electron chi connectivity index (χ0n) is 8.20. The van der Waals surface area contributed by atoms with Gasteiger partial charge in [-0.25, -0.2) is 0 Å². The lowest BCUT2D eigenvalue weighted by atomic mass is 9.99. The summed E-state index contributed by atoms with van der Waals surface area (Å²) in [6.45, 7) is 2.08. The smallest absolute Gasteiger partial charge is 0.0674 e. The molecule has 13 heavy (non-hydrogen) atoms. The highest BCUT2D eigenvalue weighted by molar-refractivity contribution is 4.88. The largest absolute Gasteiger partial charge is 0.392 e. The van der Waals surface area contributed by atoms with Gasteiger partial charge in [-0.15, -0.1) is 12.3 Å². The van der Waals surface area contributed by atoms with Crippen molar-refractivity contribution in [3.05, 3.63) is 0 Å². The van der Waals surface area contributed by atoms with Crippen molar-refractivity contribution in [1.29, 1.82) is 0 Å². The van der Waals surface area contributed by atoms with E-state index in [4.69, 9.17) is 11.2 Å². The Morgan fingerprint density at radius 2 is 2.38 bits per heavy atom. The van der Waals surface area contributed by atoms with Crippen LogP contribution in [-0.4, -0.2) is 23.4 Å². The summed E-state index contributed by atoms with van der Waals surface area (Å²) in [5.41, 5.74) is 0. The Labute approximate surface area is 80.3 Å². The Balaban J connectivity index is 2.24. The molecule has 3 atom stereocenters. The van der Waals surface area contributed by atoms with E-state index in [0.717, 1.165) is 12.8 Å². The van der Waals surface area contributed by atoms with Crippen molar-refractivity contribution in [1.82, 2.24) is 0 Å². The standard InChI is InChI=1S/C11H18O2/c1-3-5-10(12)8-11-7-4-6-9(2)13-11/h1,9-12H,4-8H2,2H3. The Kier molecular flexibility index (Phi) is 4.27. The fraction of sp³-hybridized carbons (Fsp3) is 0.818. The van der Waals surface area contributed by atoms with E-state index in [1.807, 2.05) is 0 Å². The van der Waals surface area contributed by atoms with Gasteiger partial charge in [0, 0.05) is 12.8 Å². The molecule has 0 saturated carbocycles. The van der Waals surface area contributed by atoms with Crippen molar-refractivity contribution in [3.8, 4) is 12.3 Å². The van der Waals surface area contributed by atoms with Crippen molar-refractivity contribution >= 4 is 0 Å². The fourth-order valence-corrected chi connectivity index (χ4v) is 1.79. The van der Waals surface area contributed by atoms with Gasteiger partial charge in [-0.1, -0.05) is 0 Å². The highest BCUT2D eigenvalue weighted by Crippen LogP contribution is 2.22. The van der Waals surface area contributed by atoms with Crippen LogP contribution in [0.3, 0.4) is 0 Å². The maximum Gasteiger partial charge on any atom is 0.0674 e. The summed E-state index contributed by atoms with van der Waals surface area (Å²) in [6, 6.07) is 0. The lowest BCUT2D eigenvalue weighted by molar-refractivity contribution is -0.0593. The molecule has 2 heteroatoms. The van der Waals surface area contributed by atoms with E-state index in [0.29, 0.717) is 18.9 Å². The minimum atomic E-state index is -0.389. The molecule has 1 heterocycles. The third kappa shape index (κ3) is 3.80. The zero-order valence-corrected chi connectivity index (χ0v) is 8.20. The van der Waals surface area contributed by atoms with E-state index in [9.17, 15) is 5.11 Å². The van der Waals surface area contributed by atoms with Gasteiger partial charge in [0.15, 0.2) is 0 Å². The summed E-state index contributed by atoms with van der Waals surface area (Å²) in [4.78, 5) is 0. The number of aliphatic hydroxyl groups excluding tert-OH is 1. The Hall–Kier alpha value is -0.520. The first kappa shape index (κ1) is 10.6. The number of ether oxygens (including phenoxy) is 1. The molecule has 3 unspecified atom stereocenters. The quantitative estimate of drug-likeness (QED) is 0.673. The van der Waals surface area contributed by atoms with Crippen molar-refractivity contribution in [3.63, 3.8) is 0 Å². The van der Waals surface area contributed by atoms with E-state index in [2.05, 4.69) is 12.8 Å². The molecule has 1 fully saturated rings. The molecule has 1 N–H and O–H groups in total. The van der Waals surface area contributed by atoms with Gasteiger partial charge in [0.2, 0.25) is 0 Å². The number of aliphatic hydroxyl groups is 1. The molecule has 0 aromatic carbocycles. The van der Waals surface area contributed by atoms with Crippen LogP contribution in [0.1, 0.15) is 39.0 Å². The second kappa shape index (κ2) is 5.26. The molecule has 1 aliphatic rings. The van der Waals surface area contributed by atoms with E-state index >= 15 is 0 Å². The predicted molar refractivity (Wildman–Crippen MR) is 52.3 cm³/mol. The molecule has 74 valence electrons. The van der Waals surface area contributed by atoms with Crippen LogP contribution in [0.15, 0.2) is 0 Å². The van der Waals surface area contributed by atoms with Gasteiger partial charge in [0.25, 0.3) is 0 Å². The number of hydrogen-bond acceptors (Lipinski definition) is 2. The highest BCUT2D eigenvalue weighted by atomic mass is 16.5. The van der Waals surface area contributed by atoms with Crippen molar-refractivity contribution in [2.45, 2.75) is 57.3 Å². The fourth-order valence-electron chi connectivity index (χ4n) is 1.79. The van der Waals surface area contributed by atoms with Crippen LogP contribution in [0.5, 0.6) is 0 Å². The summed E-state index contributed by atoms with van der Waals surface area (Å²) >= 11 is 0. The third-order valence-electron chi connectivity index (χ3n) is 2.45. The zero-order chi connectivity index (χ0) is 9.68. The molecule has 0 aromatic rings. The van der Waals surface area contributed by atoms with Crippen molar-refractivity contribution in [2.75, 3.05) is 0 Å². The normalized spacial score (nSPS) is 30.8. The maximum atomic E-state index is 9.47. The number of terminal acetylenes is 1. The molecule has 0 aliphatic carbocycles. The average Bonchev–Trinajstić information content (AvgIpc) is 2.04. The predicted octanol–water partition coefficient (Wildman–Crippen LogP) is 1.72. The number of rotatable bonds is 3. The lowest BCUT2D eigenvalue weighted by Gasteiger charge is -2.28. The lowest BCUT2D eigenvalue weighted by Crippen LogP contribution is -2.28. The highest BCUT2D eigenvalue weighted by Gasteiger charge is 2.21. The van der Waals surface area contributed by atoms with Crippen molar-refractivity contribution < 1.29 is 9.84 Å². The van der Waals surface area contributed by atoms with Crippen LogP contribution in [0.2, 0.25) is 0 Å². The molecule has 0 bridgehead atoms. The van der Waals surface area contributed by atoms with E-state index in [1.165, 1.54) is 6.42 Å². The third-order valence-corrected chi connectivity index (χ3v) is 2.45. The Bertz CT molecular complexity index is 183. The van der Waals surface area contributed by atoms with E-state index < -0.39 is 0 Å². The molecule has 0 amide bonds. The first-order valence-corrected chi connectivity index (χ1v) is 4.99. The van der Waals surface area contributed by atoms with Gasteiger partial charge >= 0.3 is 0 Å². The maximum absolute atomic E-state index is 9.47. The van der Waals surface area contributed by atoms with Gasteiger partial charge in [0.05, 0.1) is 18.3 Å². The van der Waals surface area contributed by atoms with Gasteiger partial charge in [0.1, 0.15) is 0 Å². The molecule has 0 aromatic heterocycles. The summed E-state index contributed by atoms with van der Waals surface area (Å²) in [7, 11) is 0. The minimum Gasteiger partial charge on any atom is -0.392 e. The average molecular weight is 182 g/mol. The second-order valence-electron chi connectivity index (χ2n) is 3.80. The van der Waals surface area contributed by atoms with Gasteiger partial charge < -0.3 is 9.84 Å². The Morgan fingerprint density at radius 1 is 1.62 bits per heavy atom. The molecule has 0 spiro atoms. The molecule has 1 aliphatic heterocycles. The van der Waals surface area contributed by atoms with Crippen molar-refractivity contribution in [2.24, 2.45) is 0 Å². The second-order valence-corrected chi connectivity index (χ2v) is 3.80. The van der Waals surface area contributed by atoms with E-state index in [-0.39, 0.29) is 12.2 Å². The topological polar surface area (TPSA) is 29.5 Å².